The molecule has 0 saturated carbocycles. The molecule has 170 valence electrons. The molecule has 0 radical (unpaired) electrons. The van der Waals surface area contributed by atoms with Gasteiger partial charge in [-0.15, -0.1) is 0 Å². The molecule has 0 atom stereocenters. The van der Waals surface area contributed by atoms with Crippen LogP contribution in [0.25, 0.3) is 0 Å². The van der Waals surface area contributed by atoms with Crippen molar-refractivity contribution in [2.75, 3.05) is 13.1 Å². The topological polar surface area (TPSA) is 62.3 Å². The minimum absolute atomic E-state index is 0.0244. The second kappa shape index (κ2) is 9.90. The van der Waals surface area contributed by atoms with Crippen molar-refractivity contribution < 1.29 is 18.4 Å². The van der Waals surface area contributed by atoms with Gasteiger partial charge in [0, 0.05) is 42.4 Å². The summed E-state index contributed by atoms with van der Waals surface area (Å²) in [6.07, 6.45) is 1.33. The number of pyridine rings is 1. The van der Waals surface area contributed by atoms with Crippen LogP contribution in [0.5, 0.6) is 0 Å². The third kappa shape index (κ3) is 5.25. The number of nitrogens with zero attached hydrogens (tertiary/aromatic N) is 2. The summed E-state index contributed by atoms with van der Waals surface area (Å²) in [5.41, 5.74) is 2.85. The largest absolute Gasteiger partial charge is 0.348 e. The highest BCUT2D eigenvalue weighted by Gasteiger charge is 2.28. The third-order valence-electron chi connectivity index (χ3n) is 5.97. The number of piperidine rings is 1. The summed E-state index contributed by atoms with van der Waals surface area (Å²) in [6, 6.07) is 15.4. The number of carbonyl (C=O) groups is 2. The van der Waals surface area contributed by atoms with E-state index < -0.39 is 0 Å². The molecule has 1 aliphatic rings. The Labute approximate surface area is 191 Å². The van der Waals surface area contributed by atoms with Crippen LogP contribution in [0.15, 0.2) is 60.7 Å². The molecule has 0 aliphatic carbocycles. The minimum atomic E-state index is -0.378. The lowest BCUT2D eigenvalue weighted by molar-refractivity contribution is 0.0710. The van der Waals surface area contributed by atoms with Gasteiger partial charge in [0.2, 0.25) is 0 Å². The van der Waals surface area contributed by atoms with Gasteiger partial charge in [-0.25, -0.2) is 8.78 Å². The lowest BCUT2D eigenvalue weighted by atomic mass is 9.89. The molecule has 2 heterocycles. The molecule has 0 unspecified atom stereocenters. The molecule has 7 heteroatoms. The summed E-state index contributed by atoms with van der Waals surface area (Å²) in [6.45, 7) is 3.00. The maximum atomic E-state index is 13.9. The smallest absolute Gasteiger partial charge is 0.253 e. The maximum Gasteiger partial charge on any atom is 0.253 e. The Hall–Kier alpha value is -3.61. The van der Waals surface area contributed by atoms with E-state index >= 15 is 0 Å². The molecular formula is C26H25F2N3O2. The first-order chi connectivity index (χ1) is 15.9. The van der Waals surface area contributed by atoms with Crippen molar-refractivity contribution in [1.82, 2.24) is 15.2 Å². The lowest BCUT2D eigenvalue weighted by Crippen LogP contribution is -2.38. The molecule has 1 fully saturated rings. The highest BCUT2D eigenvalue weighted by atomic mass is 19.1. The molecule has 2 aromatic carbocycles. The molecule has 0 spiro atoms. The first kappa shape index (κ1) is 22.6. The van der Waals surface area contributed by atoms with Crippen molar-refractivity contribution in [3.63, 3.8) is 0 Å². The summed E-state index contributed by atoms with van der Waals surface area (Å²) in [4.78, 5) is 32.0. The van der Waals surface area contributed by atoms with Gasteiger partial charge < -0.3 is 10.2 Å². The number of hydrogen-bond acceptors (Lipinski definition) is 3. The van der Waals surface area contributed by atoms with Crippen molar-refractivity contribution in [3.8, 4) is 0 Å². The van der Waals surface area contributed by atoms with Crippen LogP contribution in [-0.2, 0) is 6.54 Å². The zero-order chi connectivity index (χ0) is 23.4. The quantitative estimate of drug-likeness (QED) is 0.618. The maximum absolute atomic E-state index is 13.9. The standard InChI is InChI=1S/C26H25F2N3O2/c1-17-6-11-22(25(32)29-16-20-4-2-3-5-23(20)28)24(30-17)18-12-14-31(15-13-18)26(33)19-7-9-21(27)10-8-19/h2-11,18H,12-16H2,1H3,(H,29,32). The zero-order valence-corrected chi connectivity index (χ0v) is 18.4. The summed E-state index contributed by atoms with van der Waals surface area (Å²) < 4.78 is 27.1. The van der Waals surface area contributed by atoms with Crippen LogP contribution in [0.4, 0.5) is 8.78 Å². The average Bonchev–Trinajstić information content (AvgIpc) is 2.83. The van der Waals surface area contributed by atoms with Gasteiger partial charge in [0.1, 0.15) is 11.6 Å². The van der Waals surface area contributed by atoms with E-state index in [1.54, 1.807) is 35.2 Å². The molecule has 5 nitrogen and oxygen atoms in total. The SMILES string of the molecule is Cc1ccc(C(=O)NCc2ccccc2F)c(C2CCN(C(=O)c3ccc(F)cc3)CC2)n1. The summed E-state index contributed by atoms with van der Waals surface area (Å²) in [5.74, 6) is -1.15. The van der Waals surface area contributed by atoms with Gasteiger partial charge in [-0.1, -0.05) is 18.2 Å². The zero-order valence-electron chi connectivity index (χ0n) is 18.4. The first-order valence-corrected chi connectivity index (χ1v) is 11.0. The van der Waals surface area contributed by atoms with Gasteiger partial charge in [0.25, 0.3) is 11.8 Å². The molecule has 2 amide bonds. The number of rotatable bonds is 5. The van der Waals surface area contributed by atoms with Crippen molar-refractivity contribution in [3.05, 3.63) is 100 Å². The van der Waals surface area contributed by atoms with Gasteiger partial charge in [-0.05, 0) is 62.2 Å². The molecule has 1 saturated heterocycles. The fraction of sp³-hybridized carbons (Fsp3) is 0.269. The number of halogens is 2. The Balaban J connectivity index is 1.44. The predicted molar refractivity (Wildman–Crippen MR) is 121 cm³/mol. The second-order valence-corrected chi connectivity index (χ2v) is 8.23. The highest BCUT2D eigenvalue weighted by molar-refractivity contribution is 5.95. The van der Waals surface area contributed by atoms with Crippen molar-refractivity contribution in [1.29, 1.82) is 0 Å². The van der Waals surface area contributed by atoms with Gasteiger partial charge >= 0.3 is 0 Å². The van der Waals surface area contributed by atoms with Gasteiger partial charge in [0.05, 0.1) is 11.3 Å². The van der Waals surface area contributed by atoms with E-state index in [0.29, 0.717) is 48.3 Å². The molecule has 4 rings (SSSR count). The number of benzene rings is 2. The van der Waals surface area contributed by atoms with Crippen LogP contribution in [0.1, 0.15) is 56.4 Å². The summed E-state index contributed by atoms with van der Waals surface area (Å²) in [7, 11) is 0. The van der Waals surface area contributed by atoms with E-state index in [0.717, 1.165) is 5.69 Å². The number of aryl methyl sites for hydroxylation is 1. The Morgan fingerprint density at radius 1 is 1.00 bits per heavy atom. The molecule has 3 aromatic rings. The van der Waals surface area contributed by atoms with Gasteiger partial charge in [-0.3, -0.25) is 14.6 Å². The average molecular weight is 450 g/mol. The summed E-state index contributed by atoms with van der Waals surface area (Å²) >= 11 is 0. The van der Waals surface area contributed by atoms with Gasteiger partial charge in [-0.2, -0.15) is 0 Å². The van der Waals surface area contributed by atoms with Crippen molar-refractivity contribution in [2.24, 2.45) is 0 Å². The number of carbonyl (C=O) groups excluding carboxylic acids is 2. The van der Waals surface area contributed by atoms with E-state index in [1.807, 2.05) is 6.92 Å². The highest BCUT2D eigenvalue weighted by Crippen LogP contribution is 2.30. The monoisotopic (exact) mass is 449 g/mol. The Morgan fingerprint density at radius 3 is 2.39 bits per heavy atom. The number of amides is 2. The molecule has 1 aliphatic heterocycles. The Kier molecular flexibility index (Phi) is 6.77. The molecule has 0 bridgehead atoms. The fourth-order valence-corrected chi connectivity index (χ4v) is 4.12. The normalized spacial score (nSPS) is 14.2. The molecule has 33 heavy (non-hydrogen) atoms. The second-order valence-electron chi connectivity index (χ2n) is 8.23. The first-order valence-electron chi connectivity index (χ1n) is 11.0. The molecular weight excluding hydrogens is 424 g/mol. The van der Waals surface area contributed by atoms with E-state index in [4.69, 9.17) is 0 Å². The van der Waals surface area contributed by atoms with Crippen LogP contribution in [-0.4, -0.2) is 34.8 Å². The lowest BCUT2D eigenvalue weighted by Gasteiger charge is -2.32. The number of aromatic nitrogens is 1. The van der Waals surface area contributed by atoms with E-state index in [1.165, 1.54) is 30.3 Å². The minimum Gasteiger partial charge on any atom is -0.348 e. The van der Waals surface area contributed by atoms with E-state index in [2.05, 4.69) is 10.3 Å². The van der Waals surface area contributed by atoms with Crippen LogP contribution in [0.2, 0.25) is 0 Å². The molecule has 1 aromatic heterocycles. The van der Waals surface area contributed by atoms with E-state index in [9.17, 15) is 18.4 Å². The molecule has 1 N–H and O–H groups in total. The Morgan fingerprint density at radius 2 is 1.70 bits per heavy atom. The van der Waals surface area contributed by atoms with Crippen LogP contribution >= 0.6 is 0 Å². The number of nitrogens with one attached hydrogen (secondary N) is 1. The van der Waals surface area contributed by atoms with Crippen molar-refractivity contribution in [2.45, 2.75) is 32.2 Å². The predicted octanol–water partition coefficient (Wildman–Crippen LogP) is 4.62. The fourth-order valence-electron chi connectivity index (χ4n) is 4.12. The summed E-state index contributed by atoms with van der Waals surface area (Å²) in [5, 5.41) is 2.79. The van der Waals surface area contributed by atoms with Crippen LogP contribution < -0.4 is 5.32 Å². The van der Waals surface area contributed by atoms with Crippen LogP contribution in [0.3, 0.4) is 0 Å². The van der Waals surface area contributed by atoms with E-state index in [-0.39, 0.29) is 35.9 Å². The Bertz CT molecular complexity index is 1160. The van der Waals surface area contributed by atoms with Gasteiger partial charge in [0.15, 0.2) is 0 Å². The van der Waals surface area contributed by atoms with Crippen LogP contribution in [0, 0.1) is 18.6 Å². The third-order valence-corrected chi connectivity index (χ3v) is 5.97. The van der Waals surface area contributed by atoms with Crippen molar-refractivity contribution >= 4 is 11.8 Å². The number of likely N-dealkylation sites (tertiary alicyclic amines) is 1. The number of hydrogen-bond donors (Lipinski definition) is 1.